The molecule has 36 heavy (non-hydrogen) atoms. The van der Waals surface area contributed by atoms with Crippen LogP contribution >= 0.6 is 0 Å². The van der Waals surface area contributed by atoms with Crippen molar-refractivity contribution >= 4 is 29.0 Å². The Hall–Kier alpha value is -5.19. The highest BCUT2D eigenvalue weighted by Crippen LogP contribution is 2.31. The summed E-state index contributed by atoms with van der Waals surface area (Å²) >= 11 is 0. The summed E-state index contributed by atoms with van der Waals surface area (Å²) in [5.41, 5.74) is 8.74. The molecule has 0 aliphatic rings. The molecule has 0 spiro atoms. The van der Waals surface area contributed by atoms with Crippen molar-refractivity contribution in [3.63, 3.8) is 0 Å². The summed E-state index contributed by atoms with van der Waals surface area (Å²) in [4.78, 5) is 33.7. The lowest BCUT2D eigenvalue weighted by Crippen LogP contribution is -2.26. The van der Waals surface area contributed by atoms with Gasteiger partial charge >= 0.3 is 0 Å². The second kappa shape index (κ2) is 9.22. The van der Waals surface area contributed by atoms with Gasteiger partial charge < -0.3 is 20.0 Å². The SMILES string of the molecule is C=CC(=O)N[C@@H](C)c1nc(-c2cccc(C(=O)Nc3cc(-c4ccco4)no3)c2)c2c(N)nccn12. The van der Waals surface area contributed by atoms with Crippen LogP contribution in [-0.2, 0) is 4.79 Å². The summed E-state index contributed by atoms with van der Waals surface area (Å²) in [6.45, 7) is 5.28. The van der Waals surface area contributed by atoms with Crippen molar-refractivity contribution in [2.75, 3.05) is 11.1 Å². The van der Waals surface area contributed by atoms with Crippen LogP contribution in [0.25, 0.3) is 28.2 Å². The molecule has 0 aliphatic carbocycles. The van der Waals surface area contributed by atoms with E-state index in [2.05, 4.69) is 27.4 Å². The number of nitrogens with one attached hydrogen (secondary N) is 2. The Morgan fingerprint density at radius 1 is 1.22 bits per heavy atom. The highest BCUT2D eigenvalue weighted by atomic mass is 16.5. The van der Waals surface area contributed by atoms with E-state index in [1.807, 2.05) is 6.07 Å². The first-order valence-corrected chi connectivity index (χ1v) is 10.9. The Labute approximate surface area is 204 Å². The van der Waals surface area contributed by atoms with E-state index < -0.39 is 11.9 Å². The molecular weight excluding hydrogens is 462 g/mol. The molecule has 4 heterocycles. The van der Waals surface area contributed by atoms with Gasteiger partial charge in [-0.05, 0) is 37.3 Å². The van der Waals surface area contributed by atoms with Gasteiger partial charge in [0.15, 0.2) is 11.5 Å². The van der Waals surface area contributed by atoms with Crippen molar-refractivity contribution < 1.29 is 18.5 Å². The van der Waals surface area contributed by atoms with Crippen molar-refractivity contribution in [2.24, 2.45) is 0 Å². The van der Waals surface area contributed by atoms with Gasteiger partial charge in [0.1, 0.15) is 22.9 Å². The Morgan fingerprint density at radius 2 is 2.08 bits per heavy atom. The number of aromatic nitrogens is 4. The zero-order valence-corrected chi connectivity index (χ0v) is 19.1. The van der Waals surface area contributed by atoms with Crippen molar-refractivity contribution in [1.29, 1.82) is 0 Å². The van der Waals surface area contributed by atoms with Crippen LogP contribution in [0.1, 0.15) is 29.1 Å². The predicted molar refractivity (Wildman–Crippen MR) is 132 cm³/mol. The Morgan fingerprint density at radius 3 is 2.86 bits per heavy atom. The zero-order valence-electron chi connectivity index (χ0n) is 19.1. The maximum atomic E-state index is 12.9. The van der Waals surface area contributed by atoms with Crippen LogP contribution in [-0.4, -0.2) is 31.3 Å². The molecule has 0 saturated heterocycles. The Balaban J connectivity index is 1.47. The van der Waals surface area contributed by atoms with Gasteiger partial charge in [-0.3, -0.25) is 19.3 Å². The zero-order chi connectivity index (χ0) is 25.2. The van der Waals surface area contributed by atoms with Gasteiger partial charge in [0.2, 0.25) is 11.8 Å². The highest BCUT2D eigenvalue weighted by molar-refractivity contribution is 6.04. The lowest BCUT2D eigenvalue weighted by molar-refractivity contribution is -0.117. The normalized spacial score (nSPS) is 11.8. The number of imidazole rings is 1. The smallest absolute Gasteiger partial charge is 0.258 e. The average molecular weight is 483 g/mol. The number of carbonyl (C=O) groups excluding carboxylic acids is 2. The van der Waals surface area contributed by atoms with E-state index in [9.17, 15) is 9.59 Å². The van der Waals surface area contributed by atoms with Gasteiger partial charge in [-0.15, -0.1) is 0 Å². The number of fused-ring (bicyclic) bond motifs is 1. The highest BCUT2D eigenvalue weighted by Gasteiger charge is 2.21. The Kier molecular flexibility index (Phi) is 5.79. The monoisotopic (exact) mass is 483 g/mol. The molecule has 180 valence electrons. The average Bonchev–Trinajstić information content (AvgIpc) is 3.64. The number of nitrogens with two attached hydrogens (primary N) is 1. The number of furan rings is 1. The van der Waals surface area contributed by atoms with Gasteiger partial charge in [0.05, 0.1) is 12.3 Å². The van der Waals surface area contributed by atoms with Crippen LogP contribution in [0.2, 0.25) is 0 Å². The number of rotatable bonds is 7. The summed E-state index contributed by atoms with van der Waals surface area (Å²) in [6.07, 6.45) is 5.98. The van der Waals surface area contributed by atoms with Gasteiger partial charge in [-0.25, -0.2) is 9.97 Å². The van der Waals surface area contributed by atoms with Gasteiger partial charge in [-0.2, -0.15) is 0 Å². The summed E-state index contributed by atoms with van der Waals surface area (Å²) in [5, 5.41) is 9.40. The molecule has 0 radical (unpaired) electrons. The van der Waals surface area contributed by atoms with E-state index in [-0.39, 0.29) is 17.6 Å². The first kappa shape index (κ1) is 22.6. The number of hydrogen-bond acceptors (Lipinski definition) is 8. The molecule has 0 saturated carbocycles. The third-order valence-electron chi connectivity index (χ3n) is 5.46. The second-order valence-electron chi connectivity index (χ2n) is 7.87. The second-order valence-corrected chi connectivity index (χ2v) is 7.87. The molecule has 1 atom stereocenters. The minimum absolute atomic E-state index is 0.173. The lowest BCUT2D eigenvalue weighted by Gasteiger charge is -2.11. The first-order chi connectivity index (χ1) is 17.4. The third-order valence-corrected chi connectivity index (χ3v) is 5.46. The third kappa shape index (κ3) is 4.20. The maximum Gasteiger partial charge on any atom is 0.258 e. The molecular formula is C25H21N7O4. The molecule has 0 fully saturated rings. The molecule has 11 nitrogen and oxygen atoms in total. The van der Waals surface area contributed by atoms with Crippen molar-refractivity contribution in [2.45, 2.75) is 13.0 Å². The predicted octanol–water partition coefficient (Wildman–Crippen LogP) is 3.84. The van der Waals surface area contributed by atoms with Crippen molar-refractivity contribution in [3.05, 3.63) is 85.2 Å². The van der Waals surface area contributed by atoms with E-state index in [1.165, 1.54) is 12.3 Å². The molecule has 4 aromatic heterocycles. The number of anilines is 2. The lowest BCUT2D eigenvalue weighted by atomic mass is 10.1. The number of hydrogen-bond donors (Lipinski definition) is 3. The van der Waals surface area contributed by atoms with Gasteiger partial charge in [0.25, 0.3) is 5.91 Å². The van der Waals surface area contributed by atoms with Crippen molar-refractivity contribution in [3.8, 4) is 22.7 Å². The van der Waals surface area contributed by atoms with E-state index in [0.29, 0.717) is 39.6 Å². The first-order valence-electron chi connectivity index (χ1n) is 10.9. The van der Waals surface area contributed by atoms with Crippen LogP contribution in [0.3, 0.4) is 0 Å². The number of benzene rings is 1. The van der Waals surface area contributed by atoms with Crippen molar-refractivity contribution in [1.82, 2.24) is 24.8 Å². The molecule has 0 bridgehead atoms. The largest absolute Gasteiger partial charge is 0.463 e. The number of amides is 2. The fourth-order valence-corrected chi connectivity index (χ4v) is 3.80. The molecule has 4 N–H and O–H groups in total. The maximum absolute atomic E-state index is 12.9. The molecule has 2 amide bonds. The van der Waals surface area contributed by atoms with Gasteiger partial charge in [0, 0.05) is 29.6 Å². The van der Waals surface area contributed by atoms with Crippen LogP contribution in [0.4, 0.5) is 11.7 Å². The summed E-state index contributed by atoms with van der Waals surface area (Å²) < 4.78 is 12.3. The summed E-state index contributed by atoms with van der Waals surface area (Å²) in [5.74, 6) is 0.770. The Bertz CT molecular complexity index is 1580. The summed E-state index contributed by atoms with van der Waals surface area (Å²) in [7, 11) is 0. The number of nitrogens with zero attached hydrogens (tertiary/aromatic N) is 4. The molecule has 0 unspecified atom stereocenters. The van der Waals surface area contributed by atoms with Crippen LogP contribution in [0.15, 0.2) is 82.7 Å². The van der Waals surface area contributed by atoms with E-state index in [1.54, 1.807) is 60.1 Å². The van der Waals surface area contributed by atoms with E-state index in [0.717, 1.165) is 0 Å². The molecule has 11 heteroatoms. The van der Waals surface area contributed by atoms with Crippen LogP contribution < -0.4 is 16.4 Å². The fourth-order valence-electron chi connectivity index (χ4n) is 3.80. The standard InChI is InChI=1S/C25H21N7O4/c1-3-19(33)28-14(2)24-30-21(22-23(26)27-9-10-32(22)24)15-6-4-7-16(12-15)25(34)29-20-13-17(31-36-20)18-8-5-11-35-18/h3-14H,1H2,2H3,(H2,26,27)(H,28,33)(H,29,34)/t14-/m0/s1. The van der Waals surface area contributed by atoms with E-state index in [4.69, 9.17) is 19.7 Å². The number of carbonyl (C=O) groups is 2. The molecule has 1 aromatic carbocycles. The summed E-state index contributed by atoms with van der Waals surface area (Å²) in [6, 6.07) is 11.5. The number of nitrogen functional groups attached to an aromatic ring is 1. The molecule has 5 aromatic rings. The van der Waals surface area contributed by atoms with Crippen LogP contribution in [0.5, 0.6) is 0 Å². The van der Waals surface area contributed by atoms with Crippen LogP contribution in [0, 0.1) is 0 Å². The minimum atomic E-state index is -0.445. The fraction of sp³-hybridized carbons (Fsp3) is 0.0800. The molecule has 5 rings (SSSR count). The quantitative estimate of drug-likeness (QED) is 0.295. The topological polar surface area (TPSA) is 154 Å². The minimum Gasteiger partial charge on any atom is -0.463 e. The molecule has 0 aliphatic heterocycles. The van der Waals surface area contributed by atoms with E-state index >= 15 is 0 Å². The van der Waals surface area contributed by atoms with Gasteiger partial charge in [-0.1, -0.05) is 23.9 Å².